The minimum Gasteiger partial charge on any atom is -0.478 e. The maximum absolute atomic E-state index is 12.5. The van der Waals surface area contributed by atoms with Crippen molar-refractivity contribution < 1.29 is 14.3 Å². The van der Waals surface area contributed by atoms with Crippen LogP contribution in [-0.4, -0.2) is 17.9 Å². The highest BCUT2D eigenvalue weighted by Gasteiger charge is 2.27. The fraction of sp³-hybridized carbons (Fsp3) is 0.333. The number of rotatable bonds is 5. The molecule has 0 spiro atoms. The Hall–Kier alpha value is -2.86. The Labute approximate surface area is 159 Å². The van der Waals surface area contributed by atoms with E-state index < -0.39 is 12.1 Å². The van der Waals surface area contributed by atoms with E-state index >= 15 is 0 Å². The van der Waals surface area contributed by atoms with E-state index in [0.29, 0.717) is 17.9 Å². The summed E-state index contributed by atoms with van der Waals surface area (Å²) in [7, 11) is 0. The van der Waals surface area contributed by atoms with Crippen LogP contribution in [0.3, 0.4) is 0 Å². The van der Waals surface area contributed by atoms with Crippen LogP contribution in [0.1, 0.15) is 49.0 Å². The molecular weight excluding hydrogens is 342 g/mol. The van der Waals surface area contributed by atoms with E-state index in [4.69, 9.17) is 10.5 Å². The lowest BCUT2D eigenvalue weighted by Gasteiger charge is -2.26. The standard InChI is InChI=1S/C21H25N3O3/c1-4-17-20(25)24-16-10-9-15(11-18(16)27-17)13(3)23-21(26)19(22)14-7-5-12(2)6-8-14/h5-11,13,17,19H,4,22H2,1-3H3,(H,23,26)(H,24,25). The molecule has 2 aromatic rings. The Morgan fingerprint density at radius 1 is 1.22 bits per heavy atom. The van der Waals surface area contributed by atoms with Crippen LogP contribution in [0, 0.1) is 6.92 Å². The highest BCUT2D eigenvalue weighted by molar-refractivity contribution is 5.97. The number of carbonyl (C=O) groups is 2. The van der Waals surface area contributed by atoms with Crippen molar-refractivity contribution in [3.05, 3.63) is 59.2 Å². The van der Waals surface area contributed by atoms with E-state index in [1.165, 1.54) is 0 Å². The second-order valence-electron chi connectivity index (χ2n) is 6.88. The number of anilines is 1. The molecule has 6 nitrogen and oxygen atoms in total. The monoisotopic (exact) mass is 367 g/mol. The molecule has 3 unspecified atom stereocenters. The van der Waals surface area contributed by atoms with E-state index in [0.717, 1.165) is 16.7 Å². The first-order valence-corrected chi connectivity index (χ1v) is 9.13. The van der Waals surface area contributed by atoms with Crippen molar-refractivity contribution >= 4 is 17.5 Å². The smallest absolute Gasteiger partial charge is 0.265 e. The van der Waals surface area contributed by atoms with Gasteiger partial charge in [-0.05, 0) is 43.5 Å². The summed E-state index contributed by atoms with van der Waals surface area (Å²) in [6.45, 7) is 5.77. The van der Waals surface area contributed by atoms with Crippen molar-refractivity contribution in [1.82, 2.24) is 5.32 Å². The van der Waals surface area contributed by atoms with Crippen molar-refractivity contribution in [3.8, 4) is 5.75 Å². The Bertz CT molecular complexity index is 848. The first-order valence-electron chi connectivity index (χ1n) is 9.13. The van der Waals surface area contributed by atoms with Gasteiger partial charge in [0.15, 0.2) is 6.10 Å². The van der Waals surface area contributed by atoms with Crippen LogP contribution in [0.25, 0.3) is 0 Å². The number of aryl methyl sites for hydroxylation is 1. The van der Waals surface area contributed by atoms with Gasteiger partial charge in [0.1, 0.15) is 11.8 Å². The molecule has 3 atom stereocenters. The zero-order chi connectivity index (χ0) is 19.6. The van der Waals surface area contributed by atoms with E-state index in [1.807, 2.05) is 57.2 Å². The lowest BCUT2D eigenvalue weighted by Crippen LogP contribution is -2.37. The molecule has 1 aliphatic rings. The SMILES string of the molecule is CCC1Oc2cc(C(C)NC(=O)C(N)c3ccc(C)cc3)ccc2NC1=O. The van der Waals surface area contributed by atoms with Crippen molar-refractivity contribution in [1.29, 1.82) is 0 Å². The van der Waals surface area contributed by atoms with Gasteiger partial charge in [-0.1, -0.05) is 42.8 Å². The molecule has 1 heterocycles. The van der Waals surface area contributed by atoms with Crippen LogP contribution in [-0.2, 0) is 9.59 Å². The van der Waals surface area contributed by atoms with Crippen LogP contribution in [0.5, 0.6) is 5.75 Å². The minimum atomic E-state index is -0.731. The molecule has 3 rings (SSSR count). The van der Waals surface area contributed by atoms with E-state index in [-0.39, 0.29) is 17.9 Å². The van der Waals surface area contributed by atoms with Gasteiger partial charge in [0.25, 0.3) is 5.91 Å². The summed E-state index contributed by atoms with van der Waals surface area (Å²) in [4.78, 5) is 24.4. The number of hydrogen-bond acceptors (Lipinski definition) is 4. The van der Waals surface area contributed by atoms with Gasteiger partial charge < -0.3 is 21.1 Å². The predicted octanol–water partition coefficient (Wildman–Crippen LogP) is 2.98. The Morgan fingerprint density at radius 2 is 1.89 bits per heavy atom. The van der Waals surface area contributed by atoms with Gasteiger partial charge >= 0.3 is 0 Å². The zero-order valence-electron chi connectivity index (χ0n) is 15.8. The van der Waals surface area contributed by atoms with Gasteiger partial charge in [-0.15, -0.1) is 0 Å². The Kier molecular flexibility index (Phi) is 5.46. The van der Waals surface area contributed by atoms with E-state index in [1.54, 1.807) is 6.07 Å². The number of nitrogens with one attached hydrogen (secondary N) is 2. The summed E-state index contributed by atoms with van der Waals surface area (Å²) in [5, 5.41) is 5.78. The van der Waals surface area contributed by atoms with Crippen LogP contribution in [0.4, 0.5) is 5.69 Å². The summed E-state index contributed by atoms with van der Waals surface area (Å²) in [6, 6.07) is 12.1. The van der Waals surface area contributed by atoms with Gasteiger partial charge in [-0.2, -0.15) is 0 Å². The molecule has 0 fully saturated rings. The molecule has 0 saturated heterocycles. The van der Waals surface area contributed by atoms with E-state index in [2.05, 4.69) is 10.6 Å². The molecular formula is C21H25N3O3. The molecule has 6 heteroatoms. The number of ether oxygens (including phenoxy) is 1. The summed E-state index contributed by atoms with van der Waals surface area (Å²) in [5.74, 6) is 0.232. The number of hydrogen-bond donors (Lipinski definition) is 3. The topological polar surface area (TPSA) is 93.4 Å². The quantitative estimate of drug-likeness (QED) is 0.757. The molecule has 0 saturated carbocycles. The maximum Gasteiger partial charge on any atom is 0.265 e. The summed E-state index contributed by atoms with van der Waals surface area (Å²) in [5.41, 5.74) is 9.50. The van der Waals surface area contributed by atoms with Crippen molar-refractivity contribution in [2.45, 2.75) is 45.4 Å². The third kappa shape index (κ3) is 4.11. The van der Waals surface area contributed by atoms with Gasteiger partial charge in [0.2, 0.25) is 5.91 Å². The normalized spacial score (nSPS) is 17.9. The molecule has 2 aromatic carbocycles. The molecule has 4 N–H and O–H groups in total. The van der Waals surface area contributed by atoms with Crippen LogP contribution >= 0.6 is 0 Å². The fourth-order valence-corrected chi connectivity index (χ4v) is 3.01. The van der Waals surface area contributed by atoms with Crippen LogP contribution in [0.15, 0.2) is 42.5 Å². The largest absolute Gasteiger partial charge is 0.478 e. The average molecular weight is 367 g/mol. The Balaban J connectivity index is 1.71. The number of benzene rings is 2. The van der Waals surface area contributed by atoms with Gasteiger partial charge in [0.05, 0.1) is 11.7 Å². The van der Waals surface area contributed by atoms with Crippen LogP contribution in [0.2, 0.25) is 0 Å². The highest BCUT2D eigenvalue weighted by atomic mass is 16.5. The number of fused-ring (bicyclic) bond motifs is 1. The maximum atomic E-state index is 12.5. The average Bonchev–Trinajstić information content (AvgIpc) is 2.67. The van der Waals surface area contributed by atoms with Gasteiger partial charge in [-0.3, -0.25) is 9.59 Å². The van der Waals surface area contributed by atoms with Crippen molar-refractivity contribution in [3.63, 3.8) is 0 Å². The minimum absolute atomic E-state index is 0.136. The molecule has 142 valence electrons. The van der Waals surface area contributed by atoms with Crippen LogP contribution < -0.4 is 21.1 Å². The number of nitrogens with two attached hydrogens (primary N) is 1. The highest BCUT2D eigenvalue weighted by Crippen LogP contribution is 2.33. The zero-order valence-corrected chi connectivity index (χ0v) is 15.8. The van der Waals surface area contributed by atoms with E-state index in [9.17, 15) is 9.59 Å². The Morgan fingerprint density at radius 3 is 2.56 bits per heavy atom. The third-order valence-electron chi connectivity index (χ3n) is 4.77. The molecule has 0 aromatic heterocycles. The number of amides is 2. The molecule has 0 aliphatic carbocycles. The summed E-state index contributed by atoms with van der Waals surface area (Å²) < 4.78 is 5.77. The predicted molar refractivity (Wildman–Crippen MR) is 104 cm³/mol. The summed E-state index contributed by atoms with van der Waals surface area (Å²) in [6.07, 6.45) is 0.0975. The van der Waals surface area contributed by atoms with Gasteiger partial charge in [-0.25, -0.2) is 0 Å². The molecule has 27 heavy (non-hydrogen) atoms. The lowest BCUT2D eigenvalue weighted by molar-refractivity contribution is -0.124. The first-order chi connectivity index (χ1) is 12.9. The lowest BCUT2D eigenvalue weighted by atomic mass is 10.0. The first kappa shape index (κ1) is 18.9. The second kappa shape index (κ2) is 7.80. The summed E-state index contributed by atoms with van der Waals surface area (Å²) >= 11 is 0. The molecule has 0 radical (unpaired) electrons. The van der Waals surface area contributed by atoms with Crippen molar-refractivity contribution in [2.24, 2.45) is 5.73 Å². The van der Waals surface area contributed by atoms with Crippen molar-refractivity contribution in [2.75, 3.05) is 5.32 Å². The van der Waals surface area contributed by atoms with Gasteiger partial charge in [0, 0.05) is 0 Å². The fourth-order valence-electron chi connectivity index (χ4n) is 3.01. The molecule has 1 aliphatic heterocycles. The second-order valence-corrected chi connectivity index (χ2v) is 6.88. The third-order valence-corrected chi connectivity index (χ3v) is 4.77. The number of carbonyl (C=O) groups excluding carboxylic acids is 2. The molecule has 2 amide bonds. The molecule has 0 bridgehead atoms.